The van der Waals surface area contributed by atoms with Gasteiger partial charge in [0.15, 0.2) is 0 Å². The molecule has 4 nitrogen and oxygen atoms in total. The lowest BCUT2D eigenvalue weighted by Crippen LogP contribution is -2.26. The number of nitrogens with zero attached hydrogens (tertiary/aromatic N) is 1. The van der Waals surface area contributed by atoms with E-state index in [4.69, 9.17) is 10.5 Å². The predicted octanol–water partition coefficient (Wildman–Crippen LogP) is 2.86. The van der Waals surface area contributed by atoms with Gasteiger partial charge in [-0.1, -0.05) is 24.3 Å². The lowest BCUT2D eigenvalue weighted by Gasteiger charge is -2.19. The van der Waals surface area contributed by atoms with E-state index in [-0.39, 0.29) is 5.91 Å². The smallest absolute Gasteiger partial charge is 0.253 e. The van der Waals surface area contributed by atoms with Crippen LogP contribution < -0.4 is 10.5 Å². The van der Waals surface area contributed by atoms with E-state index in [0.29, 0.717) is 17.8 Å². The second-order valence-electron chi connectivity index (χ2n) is 5.04. The molecule has 21 heavy (non-hydrogen) atoms. The molecule has 0 spiro atoms. The van der Waals surface area contributed by atoms with Crippen molar-refractivity contribution in [2.75, 3.05) is 19.9 Å². The second kappa shape index (κ2) is 6.31. The van der Waals surface area contributed by atoms with Gasteiger partial charge >= 0.3 is 0 Å². The van der Waals surface area contributed by atoms with Gasteiger partial charge in [0.2, 0.25) is 0 Å². The van der Waals surface area contributed by atoms with Gasteiger partial charge in [-0.25, -0.2) is 0 Å². The first-order valence-corrected chi connectivity index (χ1v) is 6.76. The number of amides is 1. The number of benzene rings is 2. The first kappa shape index (κ1) is 14.9. The number of aryl methyl sites for hydroxylation is 1. The molecule has 110 valence electrons. The highest BCUT2D eigenvalue weighted by molar-refractivity contribution is 5.95. The highest BCUT2D eigenvalue weighted by atomic mass is 16.5. The molecule has 2 rings (SSSR count). The summed E-state index contributed by atoms with van der Waals surface area (Å²) in [5.41, 5.74) is 9.03. The van der Waals surface area contributed by atoms with Crippen LogP contribution in [0.3, 0.4) is 0 Å². The zero-order chi connectivity index (χ0) is 15.4. The Labute approximate surface area is 125 Å². The number of para-hydroxylation sites is 1. The van der Waals surface area contributed by atoms with E-state index < -0.39 is 0 Å². The van der Waals surface area contributed by atoms with Crippen LogP contribution in [0.4, 0.5) is 5.69 Å². The summed E-state index contributed by atoms with van der Waals surface area (Å²) in [7, 11) is 3.39. The Bertz CT molecular complexity index is 653. The summed E-state index contributed by atoms with van der Waals surface area (Å²) in [4.78, 5) is 14.1. The molecule has 0 heterocycles. The summed E-state index contributed by atoms with van der Waals surface area (Å²) < 4.78 is 5.31. The average molecular weight is 284 g/mol. The van der Waals surface area contributed by atoms with Crippen LogP contribution in [-0.2, 0) is 6.54 Å². The Kier molecular flexibility index (Phi) is 4.48. The van der Waals surface area contributed by atoms with Gasteiger partial charge in [0.05, 0.1) is 7.11 Å². The average Bonchev–Trinajstić information content (AvgIpc) is 2.49. The van der Waals surface area contributed by atoms with Crippen molar-refractivity contribution in [2.24, 2.45) is 0 Å². The molecular formula is C17H20N2O2. The van der Waals surface area contributed by atoms with Crippen molar-refractivity contribution >= 4 is 11.6 Å². The van der Waals surface area contributed by atoms with Gasteiger partial charge in [-0.3, -0.25) is 4.79 Å². The maximum atomic E-state index is 12.4. The van der Waals surface area contributed by atoms with Crippen molar-refractivity contribution in [1.82, 2.24) is 4.90 Å². The molecule has 0 aliphatic carbocycles. The molecule has 0 saturated heterocycles. The molecule has 2 aromatic carbocycles. The van der Waals surface area contributed by atoms with Crippen LogP contribution >= 0.6 is 0 Å². The molecule has 1 amide bonds. The standard InChI is InChI=1S/C17H20N2O2/c1-12-8-9-13(10-15(12)18)17(20)19(2)11-14-6-4-5-7-16(14)21-3/h4-10H,11,18H2,1-3H3. The fourth-order valence-corrected chi connectivity index (χ4v) is 2.15. The van der Waals surface area contributed by atoms with Gasteiger partial charge in [0.1, 0.15) is 5.75 Å². The molecule has 0 unspecified atom stereocenters. The number of nitrogen functional groups attached to an aromatic ring is 1. The fourth-order valence-electron chi connectivity index (χ4n) is 2.15. The maximum Gasteiger partial charge on any atom is 0.253 e. The number of rotatable bonds is 4. The van der Waals surface area contributed by atoms with E-state index in [0.717, 1.165) is 16.9 Å². The monoisotopic (exact) mass is 284 g/mol. The number of methoxy groups -OCH3 is 1. The van der Waals surface area contributed by atoms with Crippen molar-refractivity contribution in [3.63, 3.8) is 0 Å². The zero-order valence-electron chi connectivity index (χ0n) is 12.6. The zero-order valence-corrected chi connectivity index (χ0v) is 12.6. The third-order valence-electron chi connectivity index (χ3n) is 3.47. The van der Waals surface area contributed by atoms with Crippen LogP contribution in [-0.4, -0.2) is 25.0 Å². The van der Waals surface area contributed by atoms with Gasteiger partial charge in [-0.15, -0.1) is 0 Å². The molecule has 4 heteroatoms. The highest BCUT2D eigenvalue weighted by Gasteiger charge is 2.14. The number of nitrogens with two attached hydrogens (primary N) is 1. The van der Waals surface area contributed by atoms with Crippen LogP contribution in [0.2, 0.25) is 0 Å². The van der Waals surface area contributed by atoms with Gasteiger partial charge in [-0.05, 0) is 30.7 Å². The Morgan fingerprint density at radius 1 is 1.24 bits per heavy atom. The van der Waals surface area contributed by atoms with Gasteiger partial charge in [-0.2, -0.15) is 0 Å². The number of ether oxygens (including phenoxy) is 1. The van der Waals surface area contributed by atoms with Crippen LogP contribution in [0.15, 0.2) is 42.5 Å². The van der Waals surface area contributed by atoms with E-state index in [1.54, 1.807) is 31.2 Å². The number of hydrogen-bond acceptors (Lipinski definition) is 3. The van der Waals surface area contributed by atoms with Crippen molar-refractivity contribution in [1.29, 1.82) is 0 Å². The number of carbonyl (C=O) groups excluding carboxylic acids is 1. The molecule has 0 fully saturated rings. The molecule has 0 bridgehead atoms. The third kappa shape index (κ3) is 3.34. The maximum absolute atomic E-state index is 12.4. The summed E-state index contributed by atoms with van der Waals surface area (Å²) in [5.74, 6) is 0.716. The normalized spacial score (nSPS) is 10.2. The summed E-state index contributed by atoms with van der Waals surface area (Å²) in [6, 6.07) is 13.1. The second-order valence-corrected chi connectivity index (χ2v) is 5.04. The molecular weight excluding hydrogens is 264 g/mol. The minimum absolute atomic E-state index is 0.0624. The highest BCUT2D eigenvalue weighted by Crippen LogP contribution is 2.20. The van der Waals surface area contributed by atoms with Crippen molar-refractivity contribution < 1.29 is 9.53 Å². The molecule has 2 aromatic rings. The molecule has 0 aromatic heterocycles. The number of carbonyl (C=O) groups is 1. The molecule has 0 aliphatic rings. The van der Waals surface area contributed by atoms with Crippen molar-refractivity contribution in [2.45, 2.75) is 13.5 Å². The SMILES string of the molecule is COc1ccccc1CN(C)C(=O)c1ccc(C)c(N)c1. The van der Waals surface area contributed by atoms with E-state index in [1.165, 1.54) is 0 Å². The largest absolute Gasteiger partial charge is 0.496 e. The number of hydrogen-bond donors (Lipinski definition) is 1. The van der Waals surface area contributed by atoms with Crippen LogP contribution in [0.25, 0.3) is 0 Å². The van der Waals surface area contributed by atoms with Crippen LogP contribution in [0, 0.1) is 6.92 Å². The lowest BCUT2D eigenvalue weighted by atomic mass is 10.1. The summed E-state index contributed by atoms with van der Waals surface area (Å²) in [5, 5.41) is 0. The van der Waals surface area contributed by atoms with E-state index in [9.17, 15) is 4.79 Å². The molecule has 0 saturated carbocycles. The molecule has 0 aliphatic heterocycles. The van der Waals surface area contributed by atoms with Crippen LogP contribution in [0.5, 0.6) is 5.75 Å². The Hall–Kier alpha value is -2.49. The van der Waals surface area contributed by atoms with Gasteiger partial charge in [0, 0.05) is 30.4 Å². The van der Waals surface area contributed by atoms with Crippen LogP contribution in [0.1, 0.15) is 21.5 Å². The summed E-state index contributed by atoms with van der Waals surface area (Å²) >= 11 is 0. The molecule has 2 N–H and O–H groups in total. The minimum atomic E-state index is -0.0624. The van der Waals surface area contributed by atoms with Gasteiger partial charge < -0.3 is 15.4 Å². The lowest BCUT2D eigenvalue weighted by molar-refractivity contribution is 0.0784. The van der Waals surface area contributed by atoms with E-state index in [1.807, 2.05) is 37.3 Å². The van der Waals surface area contributed by atoms with Crippen molar-refractivity contribution in [3.8, 4) is 5.75 Å². The predicted molar refractivity (Wildman–Crippen MR) is 84.4 cm³/mol. The van der Waals surface area contributed by atoms with E-state index in [2.05, 4.69) is 0 Å². The first-order valence-electron chi connectivity index (χ1n) is 6.76. The third-order valence-corrected chi connectivity index (χ3v) is 3.47. The molecule has 0 radical (unpaired) electrons. The molecule has 0 atom stereocenters. The quantitative estimate of drug-likeness (QED) is 0.878. The summed E-state index contributed by atoms with van der Waals surface area (Å²) in [6.07, 6.45) is 0. The van der Waals surface area contributed by atoms with Gasteiger partial charge in [0.25, 0.3) is 5.91 Å². The Balaban J connectivity index is 2.17. The first-order chi connectivity index (χ1) is 10.0. The topological polar surface area (TPSA) is 55.6 Å². The number of anilines is 1. The summed E-state index contributed by atoms with van der Waals surface area (Å²) in [6.45, 7) is 2.40. The minimum Gasteiger partial charge on any atom is -0.496 e. The Morgan fingerprint density at radius 3 is 2.62 bits per heavy atom. The Morgan fingerprint density at radius 2 is 1.95 bits per heavy atom. The fraction of sp³-hybridized carbons (Fsp3) is 0.235. The van der Waals surface area contributed by atoms with Crippen molar-refractivity contribution in [3.05, 3.63) is 59.2 Å². The van der Waals surface area contributed by atoms with E-state index >= 15 is 0 Å².